The van der Waals surface area contributed by atoms with Crippen LogP contribution < -0.4 is 10.6 Å². The van der Waals surface area contributed by atoms with Gasteiger partial charge >= 0.3 is 24.1 Å². The number of nitrogens with one attached hydrogen (secondary N) is 2. The fraction of sp³-hybridized carbons (Fsp3) is 0.400. The van der Waals surface area contributed by atoms with Gasteiger partial charge < -0.3 is 29.6 Å². The van der Waals surface area contributed by atoms with Gasteiger partial charge in [-0.25, -0.2) is 19.2 Å². The molecule has 0 aliphatic carbocycles. The molecular formula is C30H38N2O8. The van der Waals surface area contributed by atoms with E-state index in [1.807, 2.05) is 88.4 Å². The zero-order chi connectivity index (χ0) is 29.3. The van der Waals surface area contributed by atoms with Crippen LogP contribution in [0.4, 0.5) is 9.59 Å². The van der Waals surface area contributed by atoms with E-state index in [9.17, 15) is 19.2 Å². The molecule has 2 rings (SSSR count). The highest BCUT2D eigenvalue weighted by Crippen LogP contribution is 2.07. The molecule has 40 heavy (non-hydrogen) atoms. The molecule has 2 atom stereocenters. The van der Waals surface area contributed by atoms with Crippen LogP contribution in [-0.4, -0.2) is 49.4 Å². The molecule has 0 spiro atoms. The summed E-state index contributed by atoms with van der Waals surface area (Å²) in [5.41, 5.74) is 1.70. The largest absolute Gasteiger partial charge is 0.460 e. The Labute approximate surface area is 235 Å². The predicted octanol–water partition coefficient (Wildman–Crippen LogP) is 4.53. The van der Waals surface area contributed by atoms with E-state index in [1.165, 1.54) is 0 Å². The lowest BCUT2D eigenvalue weighted by Crippen LogP contribution is -2.42. The normalized spacial score (nSPS) is 12.4. The summed E-state index contributed by atoms with van der Waals surface area (Å²) in [5, 5.41) is 5.37. The molecule has 0 heterocycles. The molecule has 216 valence electrons. The molecule has 0 bridgehead atoms. The maximum absolute atomic E-state index is 12.2. The average Bonchev–Trinajstić information content (AvgIpc) is 2.94. The number of esters is 2. The first-order valence-electron chi connectivity index (χ1n) is 13.1. The van der Waals surface area contributed by atoms with Gasteiger partial charge in [-0.05, 0) is 23.0 Å². The first-order chi connectivity index (χ1) is 19.1. The lowest BCUT2D eigenvalue weighted by atomic mass is 10.1. The Morgan fingerprint density at radius 3 is 1.27 bits per heavy atom. The van der Waals surface area contributed by atoms with E-state index >= 15 is 0 Å². The highest BCUT2D eigenvalue weighted by Gasteiger charge is 2.20. The Morgan fingerprint density at radius 1 is 0.600 bits per heavy atom. The van der Waals surface area contributed by atoms with E-state index in [0.29, 0.717) is 0 Å². The highest BCUT2D eigenvalue weighted by molar-refractivity contribution is 5.91. The molecule has 0 aliphatic rings. The maximum Gasteiger partial charge on any atom is 0.407 e. The third-order valence-electron chi connectivity index (χ3n) is 5.81. The Bertz CT molecular complexity index is 1020. The third-order valence-corrected chi connectivity index (χ3v) is 5.81. The summed E-state index contributed by atoms with van der Waals surface area (Å²) in [6, 6.07) is 17.5. The van der Waals surface area contributed by atoms with Gasteiger partial charge in [-0.2, -0.15) is 0 Å². The molecule has 10 nitrogen and oxygen atoms in total. The topological polar surface area (TPSA) is 129 Å². The lowest BCUT2D eigenvalue weighted by Gasteiger charge is -2.21. The molecule has 2 aromatic rings. The van der Waals surface area contributed by atoms with Crippen LogP contribution in [0.15, 0.2) is 72.8 Å². The van der Waals surface area contributed by atoms with Crippen LogP contribution in [0.3, 0.4) is 0 Å². The van der Waals surface area contributed by atoms with E-state index in [-0.39, 0.29) is 38.3 Å². The van der Waals surface area contributed by atoms with Gasteiger partial charge in [-0.3, -0.25) is 0 Å². The smallest absolute Gasteiger partial charge is 0.407 e. The van der Waals surface area contributed by atoms with Crippen molar-refractivity contribution in [1.29, 1.82) is 0 Å². The van der Waals surface area contributed by atoms with Gasteiger partial charge in [0.1, 0.15) is 26.4 Å². The van der Waals surface area contributed by atoms with Gasteiger partial charge in [0.15, 0.2) is 0 Å². The molecule has 2 aromatic carbocycles. The van der Waals surface area contributed by atoms with E-state index in [0.717, 1.165) is 23.3 Å². The summed E-state index contributed by atoms with van der Waals surface area (Å²) in [7, 11) is 0. The van der Waals surface area contributed by atoms with E-state index in [4.69, 9.17) is 18.9 Å². The van der Waals surface area contributed by atoms with Crippen molar-refractivity contribution in [2.45, 2.75) is 53.0 Å². The summed E-state index contributed by atoms with van der Waals surface area (Å²) < 4.78 is 20.8. The van der Waals surface area contributed by atoms with Crippen molar-refractivity contribution in [3.05, 3.63) is 83.9 Å². The highest BCUT2D eigenvalue weighted by atomic mass is 16.6. The zero-order valence-electron chi connectivity index (χ0n) is 23.3. The first-order valence-corrected chi connectivity index (χ1v) is 13.1. The molecule has 0 aliphatic heterocycles. The number of ether oxygens (including phenoxy) is 4. The fourth-order valence-electron chi connectivity index (χ4n) is 3.21. The van der Waals surface area contributed by atoms with Crippen LogP contribution in [0.5, 0.6) is 0 Å². The first kappa shape index (κ1) is 31.9. The summed E-state index contributed by atoms with van der Waals surface area (Å²) >= 11 is 0. The second kappa shape index (κ2) is 17.3. The van der Waals surface area contributed by atoms with Gasteiger partial charge in [0, 0.05) is 12.2 Å². The SMILES string of the molecule is CC(C)[C@H](COC(=O)/C=C/C(=O)OC[C@H](NC(=O)OCc1ccccc1)C(C)C)NC(=O)OCc1ccccc1. The minimum absolute atomic E-state index is 0.0501. The summed E-state index contributed by atoms with van der Waals surface area (Å²) in [4.78, 5) is 48.5. The molecule has 0 saturated heterocycles. The minimum atomic E-state index is -0.773. The van der Waals surface area contributed by atoms with E-state index < -0.39 is 36.2 Å². The standard InChI is InChI=1S/C30H38N2O8/c1-21(2)25(31-29(35)39-17-23-11-7-5-8-12-23)19-37-27(33)15-16-28(34)38-20-26(22(3)4)32-30(36)40-18-24-13-9-6-10-14-24/h5-16,21-22,25-26H,17-20H2,1-4H3,(H,31,35)(H,32,36)/b16-15+/t25-,26-/m0/s1. The van der Waals surface area contributed by atoms with E-state index in [1.54, 1.807) is 0 Å². The third kappa shape index (κ3) is 12.9. The maximum atomic E-state index is 12.2. The Morgan fingerprint density at radius 2 is 0.950 bits per heavy atom. The molecule has 0 saturated carbocycles. The van der Waals surface area contributed by atoms with Crippen LogP contribution in [0.1, 0.15) is 38.8 Å². The fourth-order valence-corrected chi connectivity index (χ4v) is 3.21. The number of amides is 2. The van der Waals surface area contributed by atoms with Crippen molar-refractivity contribution in [3.63, 3.8) is 0 Å². The molecule has 2 amide bonds. The van der Waals surface area contributed by atoms with Crippen molar-refractivity contribution in [1.82, 2.24) is 10.6 Å². The van der Waals surface area contributed by atoms with Crippen molar-refractivity contribution in [3.8, 4) is 0 Å². The quantitative estimate of drug-likeness (QED) is 0.198. The van der Waals surface area contributed by atoms with E-state index in [2.05, 4.69) is 10.6 Å². The van der Waals surface area contributed by atoms with Crippen LogP contribution >= 0.6 is 0 Å². The van der Waals surface area contributed by atoms with Gasteiger partial charge in [0.2, 0.25) is 0 Å². The van der Waals surface area contributed by atoms with Gasteiger partial charge in [-0.15, -0.1) is 0 Å². The predicted molar refractivity (Wildman–Crippen MR) is 148 cm³/mol. The average molecular weight is 555 g/mol. The molecule has 10 heteroatoms. The Hall–Kier alpha value is -4.34. The lowest BCUT2D eigenvalue weighted by molar-refractivity contribution is -0.141. The zero-order valence-corrected chi connectivity index (χ0v) is 23.3. The molecule has 0 aromatic heterocycles. The Kier molecular flexibility index (Phi) is 13.8. The number of rotatable bonds is 14. The second-order valence-corrected chi connectivity index (χ2v) is 9.71. The van der Waals surface area contributed by atoms with Gasteiger partial charge in [0.25, 0.3) is 0 Å². The van der Waals surface area contributed by atoms with Crippen molar-refractivity contribution < 1.29 is 38.1 Å². The van der Waals surface area contributed by atoms with Crippen LogP contribution in [0, 0.1) is 11.8 Å². The van der Waals surface area contributed by atoms with Crippen molar-refractivity contribution in [2.24, 2.45) is 11.8 Å². The van der Waals surface area contributed by atoms with Crippen LogP contribution in [0.25, 0.3) is 0 Å². The number of hydrogen-bond acceptors (Lipinski definition) is 8. The van der Waals surface area contributed by atoms with Gasteiger partial charge in [0.05, 0.1) is 12.1 Å². The summed E-state index contributed by atoms with van der Waals surface area (Å²) in [6.45, 7) is 7.45. The molecular weight excluding hydrogens is 516 g/mol. The van der Waals surface area contributed by atoms with Crippen LogP contribution in [-0.2, 0) is 41.8 Å². The molecule has 0 radical (unpaired) electrons. The number of benzene rings is 2. The number of carbonyl (C=O) groups is 4. The number of alkyl carbamates (subject to hydrolysis) is 2. The monoisotopic (exact) mass is 554 g/mol. The van der Waals surface area contributed by atoms with Crippen molar-refractivity contribution in [2.75, 3.05) is 13.2 Å². The summed E-state index contributed by atoms with van der Waals surface area (Å²) in [6.07, 6.45) is 0.628. The summed E-state index contributed by atoms with van der Waals surface area (Å²) in [5.74, 6) is -1.65. The minimum Gasteiger partial charge on any atom is -0.460 e. The van der Waals surface area contributed by atoms with Crippen LogP contribution in [0.2, 0.25) is 0 Å². The molecule has 0 unspecified atom stereocenters. The second-order valence-electron chi connectivity index (χ2n) is 9.71. The number of carbonyl (C=O) groups excluding carboxylic acids is 4. The molecule has 2 N–H and O–H groups in total. The Balaban J connectivity index is 1.72. The van der Waals surface area contributed by atoms with Gasteiger partial charge in [-0.1, -0.05) is 88.4 Å². The van der Waals surface area contributed by atoms with Crippen molar-refractivity contribution >= 4 is 24.1 Å². The molecule has 0 fully saturated rings. The number of hydrogen-bond donors (Lipinski definition) is 2.